The van der Waals surface area contributed by atoms with Gasteiger partial charge in [0.15, 0.2) is 0 Å². The molecule has 20 heavy (non-hydrogen) atoms. The molecule has 0 saturated carbocycles. The van der Waals surface area contributed by atoms with E-state index in [4.69, 9.17) is 5.73 Å². The Balaban J connectivity index is 2.21. The quantitative estimate of drug-likeness (QED) is 0.732. The lowest BCUT2D eigenvalue weighted by Gasteiger charge is -2.26. The van der Waals surface area contributed by atoms with Gasteiger partial charge >= 0.3 is 0 Å². The van der Waals surface area contributed by atoms with Crippen molar-refractivity contribution in [1.29, 1.82) is 0 Å². The zero-order valence-corrected chi connectivity index (χ0v) is 12.4. The molecule has 4 heteroatoms. The van der Waals surface area contributed by atoms with E-state index in [0.29, 0.717) is 18.2 Å². The maximum atomic E-state index is 10.4. The lowest BCUT2D eigenvalue weighted by molar-refractivity contribution is 0.0516. The van der Waals surface area contributed by atoms with Crippen LogP contribution in [0.15, 0.2) is 30.6 Å². The third-order valence-corrected chi connectivity index (χ3v) is 3.36. The van der Waals surface area contributed by atoms with Crippen LogP contribution in [0.3, 0.4) is 0 Å². The van der Waals surface area contributed by atoms with E-state index in [0.717, 1.165) is 22.9 Å². The highest BCUT2D eigenvalue weighted by Gasteiger charge is 2.21. The predicted molar refractivity (Wildman–Crippen MR) is 84.7 cm³/mol. The molecule has 1 heterocycles. The first kappa shape index (κ1) is 14.6. The number of benzene rings is 1. The van der Waals surface area contributed by atoms with E-state index in [1.54, 1.807) is 12.4 Å². The SMILES string of the molecule is CC(C)CC(C)(O)CNc1ccc(N)c2cnccc12. The summed E-state index contributed by atoms with van der Waals surface area (Å²) in [7, 11) is 0. The highest BCUT2D eigenvalue weighted by molar-refractivity contribution is 6.00. The number of rotatable bonds is 5. The zero-order valence-electron chi connectivity index (χ0n) is 12.4. The molecule has 0 fully saturated rings. The van der Waals surface area contributed by atoms with Crippen molar-refractivity contribution in [1.82, 2.24) is 4.98 Å². The number of pyridine rings is 1. The molecule has 108 valence electrons. The van der Waals surface area contributed by atoms with E-state index >= 15 is 0 Å². The third kappa shape index (κ3) is 3.39. The minimum absolute atomic E-state index is 0.458. The minimum Gasteiger partial charge on any atom is -0.398 e. The van der Waals surface area contributed by atoms with Gasteiger partial charge in [-0.3, -0.25) is 4.98 Å². The Hall–Kier alpha value is -1.81. The summed E-state index contributed by atoms with van der Waals surface area (Å²) in [6.07, 6.45) is 4.27. The van der Waals surface area contributed by atoms with Crippen molar-refractivity contribution in [2.45, 2.75) is 32.8 Å². The fourth-order valence-corrected chi connectivity index (χ4v) is 2.60. The maximum absolute atomic E-state index is 10.4. The van der Waals surface area contributed by atoms with Crippen LogP contribution in [0.4, 0.5) is 11.4 Å². The highest BCUT2D eigenvalue weighted by Crippen LogP contribution is 2.28. The van der Waals surface area contributed by atoms with Gasteiger partial charge in [-0.2, -0.15) is 0 Å². The summed E-state index contributed by atoms with van der Waals surface area (Å²) in [6, 6.07) is 5.75. The largest absolute Gasteiger partial charge is 0.398 e. The molecule has 0 aliphatic heterocycles. The Morgan fingerprint density at radius 1 is 1.30 bits per heavy atom. The van der Waals surface area contributed by atoms with Crippen LogP contribution < -0.4 is 11.1 Å². The minimum atomic E-state index is -0.727. The van der Waals surface area contributed by atoms with Gasteiger partial charge in [-0.15, -0.1) is 0 Å². The third-order valence-electron chi connectivity index (χ3n) is 3.36. The summed E-state index contributed by atoms with van der Waals surface area (Å²) >= 11 is 0. The van der Waals surface area contributed by atoms with Crippen molar-refractivity contribution in [2.75, 3.05) is 17.6 Å². The van der Waals surface area contributed by atoms with Gasteiger partial charge in [0.05, 0.1) is 5.60 Å². The Labute approximate surface area is 120 Å². The number of fused-ring (bicyclic) bond motifs is 1. The van der Waals surface area contributed by atoms with Crippen molar-refractivity contribution >= 4 is 22.1 Å². The topological polar surface area (TPSA) is 71.2 Å². The average Bonchev–Trinajstić information content (AvgIpc) is 2.37. The molecule has 0 aliphatic rings. The Kier molecular flexibility index (Phi) is 4.14. The maximum Gasteiger partial charge on any atom is 0.0793 e. The van der Waals surface area contributed by atoms with Gasteiger partial charge in [-0.05, 0) is 37.5 Å². The van der Waals surface area contributed by atoms with E-state index in [9.17, 15) is 5.11 Å². The zero-order chi connectivity index (χ0) is 14.8. The van der Waals surface area contributed by atoms with Crippen LogP contribution in [0.1, 0.15) is 27.2 Å². The molecule has 1 unspecified atom stereocenters. The van der Waals surface area contributed by atoms with E-state index in [2.05, 4.69) is 24.1 Å². The molecular formula is C16H23N3O. The molecular weight excluding hydrogens is 250 g/mol. The molecule has 0 spiro atoms. The lowest BCUT2D eigenvalue weighted by Crippen LogP contribution is -2.34. The van der Waals surface area contributed by atoms with Crippen LogP contribution in [0.25, 0.3) is 10.8 Å². The summed E-state index contributed by atoms with van der Waals surface area (Å²) in [4.78, 5) is 4.11. The molecule has 0 aliphatic carbocycles. The van der Waals surface area contributed by atoms with Gasteiger partial charge < -0.3 is 16.2 Å². The van der Waals surface area contributed by atoms with E-state index in [1.807, 2.05) is 25.1 Å². The van der Waals surface area contributed by atoms with Crippen molar-refractivity contribution in [2.24, 2.45) is 5.92 Å². The fourth-order valence-electron chi connectivity index (χ4n) is 2.60. The molecule has 0 amide bonds. The van der Waals surface area contributed by atoms with Crippen LogP contribution >= 0.6 is 0 Å². The van der Waals surface area contributed by atoms with Gasteiger partial charge in [-0.25, -0.2) is 0 Å². The summed E-state index contributed by atoms with van der Waals surface area (Å²) in [5.41, 5.74) is 6.92. The summed E-state index contributed by atoms with van der Waals surface area (Å²) in [5.74, 6) is 0.458. The van der Waals surface area contributed by atoms with Crippen molar-refractivity contribution in [3.63, 3.8) is 0 Å². The highest BCUT2D eigenvalue weighted by atomic mass is 16.3. The molecule has 1 atom stereocenters. The molecule has 0 bridgehead atoms. The van der Waals surface area contributed by atoms with Gasteiger partial charge in [0, 0.05) is 41.1 Å². The molecule has 1 aromatic heterocycles. The van der Waals surface area contributed by atoms with Crippen molar-refractivity contribution in [3.05, 3.63) is 30.6 Å². The Bertz CT molecular complexity index is 593. The van der Waals surface area contributed by atoms with Gasteiger partial charge in [0.25, 0.3) is 0 Å². The second kappa shape index (κ2) is 5.67. The normalized spacial score (nSPS) is 14.4. The second-order valence-electron chi connectivity index (χ2n) is 6.07. The first-order valence-corrected chi connectivity index (χ1v) is 6.97. The second-order valence-corrected chi connectivity index (χ2v) is 6.07. The number of hydrogen-bond donors (Lipinski definition) is 3. The van der Waals surface area contributed by atoms with E-state index in [1.165, 1.54) is 0 Å². The van der Waals surface area contributed by atoms with E-state index < -0.39 is 5.60 Å². The molecule has 2 rings (SSSR count). The molecule has 4 nitrogen and oxygen atoms in total. The van der Waals surface area contributed by atoms with Crippen LogP contribution in [0.2, 0.25) is 0 Å². The fraction of sp³-hybridized carbons (Fsp3) is 0.438. The van der Waals surface area contributed by atoms with E-state index in [-0.39, 0.29) is 0 Å². The smallest absolute Gasteiger partial charge is 0.0793 e. The first-order chi connectivity index (χ1) is 9.39. The Morgan fingerprint density at radius 2 is 2.05 bits per heavy atom. The number of nitrogen functional groups attached to an aromatic ring is 1. The molecule has 1 aromatic carbocycles. The summed E-state index contributed by atoms with van der Waals surface area (Å²) in [6.45, 7) is 6.59. The number of nitrogens with one attached hydrogen (secondary N) is 1. The van der Waals surface area contributed by atoms with Crippen LogP contribution in [-0.2, 0) is 0 Å². The molecule has 0 radical (unpaired) electrons. The molecule has 4 N–H and O–H groups in total. The van der Waals surface area contributed by atoms with Gasteiger partial charge in [0.1, 0.15) is 0 Å². The first-order valence-electron chi connectivity index (χ1n) is 6.97. The monoisotopic (exact) mass is 273 g/mol. The number of nitrogens with zero attached hydrogens (tertiary/aromatic N) is 1. The number of aromatic nitrogens is 1. The number of anilines is 2. The standard InChI is InChI=1S/C16H23N3O/c1-11(2)8-16(3,20)10-19-15-5-4-14(17)13-9-18-7-6-12(13)15/h4-7,9,11,19-20H,8,10,17H2,1-3H3. The summed E-state index contributed by atoms with van der Waals surface area (Å²) < 4.78 is 0. The van der Waals surface area contributed by atoms with Gasteiger partial charge in [0.2, 0.25) is 0 Å². The van der Waals surface area contributed by atoms with Crippen molar-refractivity contribution < 1.29 is 5.11 Å². The predicted octanol–water partition coefficient (Wildman–Crippen LogP) is 3.03. The lowest BCUT2D eigenvalue weighted by atomic mass is 9.94. The number of aliphatic hydroxyl groups is 1. The molecule has 2 aromatic rings. The number of hydrogen-bond acceptors (Lipinski definition) is 4. The van der Waals surface area contributed by atoms with Crippen molar-refractivity contribution in [3.8, 4) is 0 Å². The van der Waals surface area contributed by atoms with Crippen LogP contribution in [0, 0.1) is 5.92 Å². The Morgan fingerprint density at radius 3 is 2.75 bits per heavy atom. The number of nitrogens with two attached hydrogens (primary N) is 1. The van der Waals surface area contributed by atoms with Crippen LogP contribution in [0.5, 0.6) is 0 Å². The molecule has 0 saturated heterocycles. The summed E-state index contributed by atoms with van der Waals surface area (Å²) in [5, 5.41) is 15.7. The van der Waals surface area contributed by atoms with Crippen LogP contribution in [-0.4, -0.2) is 22.2 Å². The van der Waals surface area contributed by atoms with Gasteiger partial charge in [-0.1, -0.05) is 13.8 Å². The average molecular weight is 273 g/mol.